The zero-order chi connectivity index (χ0) is 11.3. The number of ether oxygens (including phenoxy) is 1. The van der Waals surface area contributed by atoms with E-state index in [2.05, 4.69) is 0 Å². The van der Waals surface area contributed by atoms with Crippen molar-refractivity contribution >= 4 is 5.78 Å². The van der Waals surface area contributed by atoms with Gasteiger partial charge in [0.25, 0.3) is 0 Å². The molecule has 0 bridgehead atoms. The van der Waals surface area contributed by atoms with E-state index in [0.29, 0.717) is 6.54 Å². The minimum atomic E-state index is 0.141. The molecule has 0 unspecified atom stereocenters. The number of likely N-dealkylation sites (N-methyl/N-ethyl adjacent to an activating group) is 1. The van der Waals surface area contributed by atoms with Crippen LogP contribution in [0.15, 0.2) is 24.3 Å². The number of benzene rings is 1. The number of hydrogen-bond acceptors (Lipinski definition) is 3. The number of Topliss-reactive ketones (excluding diaryl/α,β-unsaturated/α-hetero) is 1. The second-order valence-corrected chi connectivity index (χ2v) is 3.48. The van der Waals surface area contributed by atoms with Gasteiger partial charge >= 0.3 is 0 Å². The molecule has 0 amide bonds. The molecule has 82 valence electrons. The molecular weight excluding hydrogens is 190 g/mol. The number of nitrogens with zero attached hydrogens (tertiary/aromatic N) is 1. The van der Waals surface area contributed by atoms with Gasteiger partial charge < -0.3 is 4.74 Å². The van der Waals surface area contributed by atoms with Crippen molar-refractivity contribution in [3.8, 4) is 5.75 Å². The van der Waals surface area contributed by atoms with Gasteiger partial charge in [-0.25, -0.2) is 0 Å². The Morgan fingerprint density at radius 2 is 1.93 bits per heavy atom. The third-order valence-corrected chi connectivity index (χ3v) is 2.37. The van der Waals surface area contributed by atoms with Crippen LogP contribution in [0.5, 0.6) is 5.75 Å². The molecule has 0 saturated heterocycles. The van der Waals surface area contributed by atoms with Crippen LogP contribution in [0.25, 0.3) is 0 Å². The topological polar surface area (TPSA) is 29.5 Å². The van der Waals surface area contributed by atoms with E-state index < -0.39 is 0 Å². The van der Waals surface area contributed by atoms with Crippen LogP contribution < -0.4 is 4.74 Å². The fourth-order valence-electron chi connectivity index (χ4n) is 1.23. The van der Waals surface area contributed by atoms with Crippen molar-refractivity contribution in [3.05, 3.63) is 29.8 Å². The molecule has 1 aromatic rings. The lowest BCUT2D eigenvalue weighted by molar-refractivity contribution is 0.0949. The van der Waals surface area contributed by atoms with Crippen LogP contribution in [0.3, 0.4) is 0 Å². The van der Waals surface area contributed by atoms with Gasteiger partial charge in [0.1, 0.15) is 5.75 Å². The average Bonchev–Trinajstić information content (AvgIpc) is 2.29. The molecule has 0 atom stereocenters. The van der Waals surface area contributed by atoms with Crippen molar-refractivity contribution in [3.63, 3.8) is 0 Å². The van der Waals surface area contributed by atoms with Crippen LogP contribution in [-0.4, -0.2) is 37.9 Å². The standard InChI is InChI=1S/C12H17NO2/c1-4-13(2)9-12(14)10-5-7-11(15-3)8-6-10/h5-8H,4,9H2,1-3H3. The highest BCUT2D eigenvalue weighted by Crippen LogP contribution is 2.11. The van der Waals surface area contributed by atoms with Crippen LogP contribution in [0.2, 0.25) is 0 Å². The van der Waals surface area contributed by atoms with Crippen LogP contribution in [0, 0.1) is 0 Å². The Hall–Kier alpha value is -1.35. The van der Waals surface area contributed by atoms with E-state index in [1.165, 1.54) is 0 Å². The summed E-state index contributed by atoms with van der Waals surface area (Å²) in [6, 6.07) is 7.20. The van der Waals surface area contributed by atoms with Gasteiger partial charge in [-0.1, -0.05) is 6.92 Å². The molecule has 0 saturated carbocycles. The lowest BCUT2D eigenvalue weighted by Gasteiger charge is -2.12. The summed E-state index contributed by atoms with van der Waals surface area (Å²) in [5.41, 5.74) is 0.733. The molecule has 1 rings (SSSR count). The number of carbonyl (C=O) groups is 1. The van der Waals surface area contributed by atoms with Gasteiger partial charge in [-0.05, 0) is 37.9 Å². The lowest BCUT2D eigenvalue weighted by Crippen LogP contribution is -2.25. The third-order valence-electron chi connectivity index (χ3n) is 2.37. The number of ketones is 1. The lowest BCUT2D eigenvalue weighted by atomic mass is 10.1. The first-order valence-corrected chi connectivity index (χ1v) is 5.03. The largest absolute Gasteiger partial charge is 0.497 e. The Morgan fingerprint density at radius 1 is 1.33 bits per heavy atom. The quantitative estimate of drug-likeness (QED) is 0.690. The molecule has 0 aliphatic rings. The molecule has 0 aliphatic heterocycles. The van der Waals surface area contributed by atoms with E-state index in [4.69, 9.17) is 4.74 Å². The third kappa shape index (κ3) is 3.36. The zero-order valence-electron chi connectivity index (χ0n) is 9.49. The highest BCUT2D eigenvalue weighted by Gasteiger charge is 2.07. The highest BCUT2D eigenvalue weighted by molar-refractivity contribution is 5.97. The van der Waals surface area contributed by atoms with Crippen molar-refractivity contribution in [1.82, 2.24) is 4.90 Å². The molecule has 0 aromatic heterocycles. The number of methoxy groups -OCH3 is 1. The van der Waals surface area contributed by atoms with E-state index in [9.17, 15) is 4.79 Å². The molecule has 0 aliphatic carbocycles. The fourth-order valence-corrected chi connectivity index (χ4v) is 1.23. The minimum absolute atomic E-state index is 0.141. The van der Waals surface area contributed by atoms with Crippen molar-refractivity contribution in [2.45, 2.75) is 6.92 Å². The highest BCUT2D eigenvalue weighted by atomic mass is 16.5. The van der Waals surface area contributed by atoms with E-state index in [1.807, 2.05) is 18.9 Å². The fraction of sp³-hybridized carbons (Fsp3) is 0.417. The van der Waals surface area contributed by atoms with Crippen LogP contribution in [0.1, 0.15) is 17.3 Å². The minimum Gasteiger partial charge on any atom is -0.497 e. The molecule has 0 heterocycles. The molecule has 0 spiro atoms. The van der Waals surface area contributed by atoms with Gasteiger partial charge in [-0.15, -0.1) is 0 Å². The van der Waals surface area contributed by atoms with Crippen LogP contribution in [0.4, 0.5) is 0 Å². The average molecular weight is 207 g/mol. The molecule has 0 fully saturated rings. The van der Waals surface area contributed by atoms with E-state index in [-0.39, 0.29) is 5.78 Å². The van der Waals surface area contributed by atoms with Crippen molar-refractivity contribution in [2.75, 3.05) is 27.2 Å². The summed E-state index contributed by atoms with van der Waals surface area (Å²) in [4.78, 5) is 13.7. The summed E-state index contributed by atoms with van der Waals surface area (Å²) in [6.07, 6.45) is 0. The summed E-state index contributed by atoms with van der Waals surface area (Å²) < 4.78 is 5.03. The maximum atomic E-state index is 11.7. The predicted octanol–water partition coefficient (Wildman–Crippen LogP) is 1.83. The van der Waals surface area contributed by atoms with Gasteiger partial charge in [-0.2, -0.15) is 0 Å². The maximum absolute atomic E-state index is 11.7. The first-order chi connectivity index (χ1) is 7.17. The van der Waals surface area contributed by atoms with Gasteiger partial charge in [0, 0.05) is 5.56 Å². The van der Waals surface area contributed by atoms with Crippen LogP contribution in [-0.2, 0) is 0 Å². The summed E-state index contributed by atoms with van der Waals surface area (Å²) >= 11 is 0. The number of carbonyl (C=O) groups excluding carboxylic acids is 1. The second kappa shape index (κ2) is 5.51. The van der Waals surface area contributed by atoms with Gasteiger partial charge in [0.15, 0.2) is 5.78 Å². The summed E-state index contributed by atoms with van der Waals surface area (Å²) in [5.74, 6) is 0.914. The predicted molar refractivity (Wildman–Crippen MR) is 60.5 cm³/mol. The molecular formula is C12H17NO2. The van der Waals surface area contributed by atoms with E-state index >= 15 is 0 Å². The normalized spacial score (nSPS) is 10.4. The second-order valence-electron chi connectivity index (χ2n) is 3.48. The molecule has 3 heteroatoms. The summed E-state index contributed by atoms with van der Waals surface area (Å²) in [5, 5.41) is 0. The smallest absolute Gasteiger partial charge is 0.176 e. The molecule has 15 heavy (non-hydrogen) atoms. The molecule has 1 aromatic carbocycles. The number of hydrogen-bond donors (Lipinski definition) is 0. The van der Waals surface area contributed by atoms with E-state index in [1.54, 1.807) is 31.4 Å². The molecule has 0 radical (unpaired) electrons. The number of rotatable bonds is 5. The first kappa shape index (κ1) is 11.7. The molecule has 0 N–H and O–H groups in total. The maximum Gasteiger partial charge on any atom is 0.176 e. The van der Waals surface area contributed by atoms with Gasteiger partial charge in [0.05, 0.1) is 13.7 Å². The SMILES string of the molecule is CCN(C)CC(=O)c1ccc(OC)cc1. The van der Waals surface area contributed by atoms with Crippen molar-refractivity contribution in [1.29, 1.82) is 0 Å². The Bertz CT molecular complexity index is 319. The molecule has 3 nitrogen and oxygen atoms in total. The summed E-state index contributed by atoms with van der Waals surface area (Å²) in [7, 11) is 3.54. The Morgan fingerprint density at radius 3 is 2.40 bits per heavy atom. The van der Waals surface area contributed by atoms with E-state index in [0.717, 1.165) is 17.9 Å². The van der Waals surface area contributed by atoms with Crippen molar-refractivity contribution < 1.29 is 9.53 Å². The Labute approximate surface area is 90.7 Å². The van der Waals surface area contributed by atoms with Gasteiger partial charge in [-0.3, -0.25) is 9.69 Å². The zero-order valence-corrected chi connectivity index (χ0v) is 9.49. The Balaban J connectivity index is 2.66. The van der Waals surface area contributed by atoms with Crippen LogP contribution >= 0.6 is 0 Å². The van der Waals surface area contributed by atoms with Crippen molar-refractivity contribution in [2.24, 2.45) is 0 Å². The first-order valence-electron chi connectivity index (χ1n) is 5.03. The Kier molecular flexibility index (Phi) is 4.31. The monoisotopic (exact) mass is 207 g/mol. The summed E-state index contributed by atoms with van der Waals surface area (Å²) in [6.45, 7) is 3.37. The van der Waals surface area contributed by atoms with Gasteiger partial charge in [0.2, 0.25) is 0 Å².